The van der Waals surface area contributed by atoms with Crippen molar-refractivity contribution in [3.8, 4) is 0 Å². The maximum Gasteiger partial charge on any atom is 0.185 e. The molecule has 1 unspecified atom stereocenters. The predicted octanol–water partition coefficient (Wildman–Crippen LogP) is 2.51. The summed E-state index contributed by atoms with van der Waals surface area (Å²) in [6, 6.07) is 0.654. The quantitative estimate of drug-likeness (QED) is 0.839. The molecule has 1 aliphatic heterocycles. The number of aliphatic hydroxyl groups excluding tert-OH is 1. The molecule has 4 nitrogen and oxygen atoms in total. The first-order valence-corrected chi connectivity index (χ1v) is 8.63. The number of hydrogen-bond donors (Lipinski definition) is 1. The Morgan fingerprint density at radius 3 is 2.70 bits per heavy atom. The van der Waals surface area contributed by atoms with Gasteiger partial charge in [0, 0.05) is 19.1 Å². The molecule has 0 aliphatic carbocycles. The number of likely N-dealkylation sites (N-methyl/N-ethyl adjacent to an activating group) is 1. The van der Waals surface area contributed by atoms with E-state index in [1.807, 2.05) is 0 Å². The van der Waals surface area contributed by atoms with Gasteiger partial charge in [0.15, 0.2) is 5.13 Å². The van der Waals surface area contributed by atoms with Crippen LogP contribution in [0.1, 0.15) is 44.2 Å². The Balaban J connectivity index is 2.06. The molecular formula is C15H27N3OS. The Bertz CT molecular complexity index is 417. The minimum absolute atomic E-state index is 0.125. The Hall–Kier alpha value is -0.650. The fourth-order valence-corrected chi connectivity index (χ4v) is 4.02. The summed E-state index contributed by atoms with van der Waals surface area (Å²) >= 11 is 1.67. The topological polar surface area (TPSA) is 39.6 Å². The Kier molecular flexibility index (Phi) is 5.81. The lowest BCUT2D eigenvalue weighted by Gasteiger charge is -2.25. The molecule has 114 valence electrons. The highest BCUT2D eigenvalue weighted by molar-refractivity contribution is 7.15. The fourth-order valence-electron chi connectivity index (χ4n) is 3.01. The van der Waals surface area contributed by atoms with Crippen LogP contribution >= 0.6 is 11.3 Å². The Morgan fingerprint density at radius 1 is 1.35 bits per heavy atom. The number of hydrogen-bond acceptors (Lipinski definition) is 5. The SMILES string of the molecule is CCCc1nc(N2CCC(N(CC)CC)C2)sc1CO. The number of nitrogens with zero attached hydrogens (tertiary/aromatic N) is 3. The molecule has 1 saturated heterocycles. The first kappa shape index (κ1) is 15.7. The normalized spacial score (nSPS) is 19.2. The summed E-state index contributed by atoms with van der Waals surface area (Å²) in [5.74, 6) is 0. The molecule has 2 rings (SSSR count). The van der Waals surface area contributed by atoms with Crippen LogP contribution in [0, 0.1) is 0 Å². The van der Waals surface area contributed by atoms with Gasteiger partial charge in [-0.1, -0.05) is 38.5 Å². The first-order valence-electron chi connectivity index (χ1n) is 7.81. The van der Waals surface area contributed by atoms with Crippen molar-refractivity contribution in [3.05, 3.63) is 10.6 Å². The lowest BCUT2D eigenvalue weighted by atomic mass is 10.2. The highest BCUT2D eigenvalue weighted by Gasteiger charge is 2.28. The molecule has 20 heavy (non-hydrogen) atoms. The zero-order valence-electron chi connectivity index (χ0n) is 12.9. The van der Waals surface area contributed by atoms with E-state index in [1.165, 1.54) is 6.42 Å². The zero-order valence-corrected chi connectivity index (χ0v) is 13.7. The average molecular weight is 297 g/mol. The first-order chi connectivity index (χ1) is 9.73. The molecule has 0 amide bonds. The molecule has 1 aromatic heterocycles. The van der Waals surface area contributed by atoms with E-state index >= 15 is 0 Å². The van der Waals surface area contributed by atoms with E-state index in [0.29, 0.717) is 6.04 Å². The molecule has 0 saturated carbocycles. The lowest BCUT2D eigenvalue weighted by molar-refractivity contribution is 0.232. The summed E-state index contributed by atoms with van der Waals surface area (Å²) in [6.07, 6.45) is 3.27. The molecule has 0 spiro atoms. The third-order valence-corrected chi connectivity index (χ3v) is 5.30. The molecule has 1 aliphatic rings. The van der Waals surface area contributed by atoms with E-state index in [2.05, 4.69) is 30.6 Å². The fraction of sp³-hybridized carbons (Fsp3) is 0.800. The van der Waals surface area contributed by atoms with Crippen LogP contribution in [-0.4, -0.2) is 47.2 Å². The van der Waals surface area contributed by atoms with Crippen LogP contribution < -0.4 is 4.90 Å². The molecule has 0 aromatic carbocycles. The van der Waals surface area contributed by atoms with E-state index in [-0.39, 0.29) is 6.61 Å². The van der Waals surface area contributed by atoms with Crippen molar-refractivity contribution >= 4 is 16.5 Å². The van der Waals surface area contributed by atoms with Crippen molar-refractivity contribution < 1.29 is 5.11 Å². The van der Waals surface area contributed by atoms with Crippen LogP contribution in [-0.2, 0) is 13.0 Å². The number of aryl methyl sites for hydroxylation is 1. The van der Waals surface area contributed by atoms with Gasteiger partial charge in [0.2, 0.25) is 0 Å². The van der Waals surface area contributed by atoms with E-state index in [4.69, 9.17) is 4.98 Å². The minimum Gasteiger partial charge on any atom is -0.391 e. The van der Waals surface area contributed by atoms with Crippen LogP contribution in [0.15, 0.2) is 0 Å². The van der Waals surface area contributed by atoms with Crippen molar-refractivity contribution in [1.29, 1.82) is 0 Å². The maximum absolute atomic E-state index is 9.46. The second kappa shape index (κ2) is 7.38. The zero-order chi connectivity index (χ0) is 14.5. The molecule has 5 heteroatoms. The smallest absolute Gasteiger partial charge is 0.185 e. The van der Waals surface area contributed by atoms with Gasteiger partial charge in [-0.2, -0.15) is 0 Å². The lowest BCUT2D eigenvalue weighted by Crippen LogP contribution is -2.37. The van der Waals surface area contributed by atoms with Gasteiger partial charge in [0.05, 0.1) is 17.2 Å². The van der Waals surface area contributed by atoms with E-state index < -0.39 is 0 Å². The molecule has 1 fully saturated rings. The van der Waals surface area contributed by atoms with Gasteiger partial charge in [-0.25, -0.2) is 4.98 Å². The van der Waals surface area contributed by atoms with Gasteiger partial charge in [0.1, 0.15) is 0 Å². The summed E-state index contributed by atoms with van der Waals surface area (Å²) in [7, 11) is 0. The van der Waals surface area contributed by atoms with Crippen LogP contribution in [0.2, 0.25) is 0 Å². The largest absolute Gasteiger partial charge is 0.391 e. The average Bonchev–Trinajstić information content (AvgIpc) is 3.07. The molecule has 1 N–H and O–H groups in total. The van der Waals surface area contributed by atoms with E-state index in [0.717, 1.165) is 54.7 Å². The number of aliphatic hydroxyl groups is 1. The monoisotopic (exact) mass is 297 g/mol. The van der Waals surface area contributed by atoms with Crippen molar-refractivity contribution in [2.45, 2.75) is 52.7 Å². The number of rotatable bonds is 7. The minimum atomic E-state index is 0.125. The second-order valence-corrected chi connectivity index (χ2v) is 6.45. The number of aromatic nitrogens is 1. The summed E-state index contributed by atoms with van der Waals surface area (Å²) in [5, 5.41) is 10.6. The van der Waals surface area contributed by atoms with Crippen molar-refractivity contribution in [2.75, 3.05) is 31.1 Å². The molecule has 0 bridgehead atoms. The maximum atomic E-state index is 9.46. The Morgan fingerprint density at radius 2 is 2.10 bits per heavy atom. The highest BCUT2D eigenvalue weighted by Crippen LogP contribution is 2.30. The van der Waals surface area contributed by atoms with Gasteiger partial charge in [0.25, 0.3) is 0 Å². The Labute approximate surface area is 126 Å². The van der Waals surface area contributed by atoms with Gasteiger partial charge >= 0.3 is 0 Å². The van der Waals surface area contributed by atoms with E-state index in [9.17, 15) is 5.11 Å². The van der Waals surface area contributed by atoms with Gasteiger partial charge in [-0.05, 0) is 25.9 Å². The third kappa shape index (κ3) is 3.32. The summed E-state index contributed by atoms with van der Waals surface area (Å²) in [4.78, 5) is 10.7. The van der Waals surface area contributed by atoms with Gasteiger partial charge in [-0.3, -0.25) is 4.90 Å². The summed E-state index contributed by atoms with van der Waals surface area (Å²) in [5.41, 5.74) is 1.10. The number of thiazole rings is 1. The predicted molar refractivity (Wildman–Crippen MR) is 85.6 cm³/mol. The third-order valence-electron chi connectivity index (χ3n) is 4.16. The molecular weight excluding hydrogens is 270 g/mol. The molecule has 2 heterocycles. The van der Waals surface area contributed by atoms with Crippen LogP contribution in [0.25, 0.3) is 0 Å². The van der Waals surface area contributed by atoms with Crippen molar-refractivity contribution in [1.82, 2.24) is 9.88 Å². The number of anilines is 1. The van der Waals surface area contributed by atoms with Crippen LogP contribution in [0.3, 0.4) is 0 Å². The van der Waals surface area contributed by atoms with Crippen molar-refractivity contribution in [3.63, 3.8) is 0 Å². The van der Waals surface area contributed by atoms with Gasteiger partial charge in [-0.15, -0.1) is 0 Å². The molecule has 1 atom stereocenters. The standard InChI is InChI=1S/C15H27N3OS/c1-4-7-13-14(11-19)20-15(16-13)18-9-8-12(10-18)17(5-2)6-3/h12,19H,4-11H2,1-3H3. The summed E-state index contributed by atoms with van der Waals surface area (Å²) in [6.45, 7) is 11.2. The van der Waals surface area contributed by atoms with Crippen LogP contribution in [0.5, 0.6) is 0 Å². The van der Waals surface area contributed by atoms with Crippen LogP contribution in [0.4, 0.5) is 5.13 Å². The second-order valence-electron chi connectivity index (χ2n) is 5.38. The summed E-state index contributed by atoms with van der Waals surface area (Å²) < 4.78 is 0. The molecule has 1 aromatic rings. The van der Waals surface area contributed by atoms with Gasteiger partial charge < -0.3 is 10.0 Å². The van der Waals surface area contributed by atoms with E-state index in [1.54, 1.807) is 11.3 Å². The highest BCUT2D eigenvalue weighted by atomic mass is 32.1. The molecule has 0 radical (unpaired) electrons. The van der Waals surface area contributed by atoms with Crippen molar-refractivity contribution in [2.24, 2.45) is 0 Å².